The molecule has 0 bridgehead atoms. The first-order chi connectivity index (χ1) is 8.56. The Hall–Kier alpha value is -0.290. The van der Waals surface area contributed by atoms with E-state index in [1.165, 1.54) is 19.3 Å². The van der Waals surface area contributed by atoms with Crippen molar-refractivity contribution in [1.82, 2.24) is 10.2 Å². The maximum Gasteiger partial charge on any atom is 0.389 e. The number of hydrogen-bond donors (Lipinski definition) is 1. The molecule has 106 valence electrons. The fourth-order valence-corrected chi connectivity index (χ4v) is 3.38. The molecular weight excluding hydrogens is 241 g/mol. The summed E-state index contributed by atoms with van der Waals surface area (Å²) in [6, 6.07) is 0.542. The molecular formula is C13H23F3N2. The van der Waals surface area contributed by atoms with Gasteiger partial charge in [0.1, 0.15) is 0 Å². The van der Waals surface area contributed by atoms with E-state index in [2.05, 4.69) is 10.2 Å². The van der Waals surface area contributed by atoms with Gasteiger partial charge in [0.05, 0.1) is 0 Å². The first-order valence-electron chi connectivity index (χ1n) is 7.08. The van der Waals surface area contributed by atoms with Crippen molar-refractivity contribution in [1.29, 1.82) is 0 Å². The normalized spacial score (nSPS) is 27.8. The molecule has 2 nitrogen and oxygen atoms in total. The lowest BCUT2D eigenvalue weighted by atomic mass is 9.88. The summed E-state index contributed by atoms with van der Waals surface area (Å²) in [4.78, 5) is 2.31. The first-order valence-corrected chi connectivity index (χ1v) is 7.08. The van der Waals surface area contributed by atoms with Gasteiger partial charge in [-0.3, -0.25) is 0 Å². The number of likely N-dealkylation sites (tertiary alicyclic amines) is 1. The molecule has 0 aromatic rings. The van der Waals surface area contributed by atoms with Crippen molar-refractivity contribution in [3.8, 4) is 0 Å². The molecule has 2 rings (SSSR count). The predicted octanol–water partition coefficient (Wildman–Crippen LogP) is 2.79. The Kier molecular flexibility index (Phi) is 4.90. The number of rotatable bonds is 4. The van der Waals surface area contributed by atoms with Gasteiger partial charge in [0.2, 0.25) is 0 Å². The van der Waals surface area contributed by atoms with Crippen LogP contribution in [-0.2, 0) is 0 Å². The summed E-state index contributed by atoms with van der Waals surface area (Å²) in [7, 11) is 0. The minimum Gasteiger partial charge on any atom is -0.317 e. The fourth-order valence-electron chi connectivity index (χ4n) is 3.38. The third-order valence-electron chi connectivity index (χ3n) is 4.25. The summed E-state index contributed by atoms with van der Waals surface area (Å²) in [5.74, 6) is 0.694. The van der Waals surface area contributed by atoms with Crippen molar-refractivity contribution in [3.05, 3.63) is 0 Å². The van der Waals surface area contributed by atoms with Crippen molar-refractivity contribution in [2.75, 3.05) is 26.2 Å². The summed E-state index contributed by atoms with van der Waals surface area (Å²) < 4.78 is 36.5. The third kappa shape index (κ3) is 4.12. The molecule has 2 fully saturated rings. The number of hydrogen-bond acceptors (Lipinski definition) is 2. The van der Waals surface area contributed by atoms with Gasteiger partial charge >= 0.3 is 6.18 Å². The predicted molar refractivity (Wildman–Crippen MR) is 65.5 cm³/mol. The van der Waals surface area contributed by atoms with Crippen molar-refractivity contribution in [2.45, 2.75) is 50.7 Å². The molecule has 2 saturated heterocycles. The van der Waals surface area contributed by atoms with Gasteiger partial charge in [-0.1, -0.05) is 0 Å². The number of halogens is 3. The standard InChI is InChI=1S/C13H23F3N2/c14-13(15,16)6-2-10-18-9-1-3-12(18)11-4-7-17-8-5-11/h11-12,17H,1-10H2. The van der Waals surface area contributed by atoms with E-state index >= 15 is 0 Å². The van der Waals surface area contributed by atoms with E-state index in [0.29, 0.717) is 18.5 Å². The molecule has 18 heavy (non-hydrogen) atoms. The molecule has 1 atom stereocenters. The molecule has 1 unspecified atom stereocenters. The van der Waals surface area contributed by atoms with Gasteiger partial charge in [0, 0.05) is 12.5 Å². The summed E-state index contributed by atoms with van der Waals surface area (Å²) >= 11 is 0. The maximum atomic E-state index is 12.2. The van der Waals surface area contributed by atoms with Crippen molar-refractivity contribution < 1.29 is 13.2 Å². The molecule has 5 heteroatoms. The summed E-state index contributed by atoms with van der Waals surface area (Å²) in [5.41, 5.74) is 0. The Bertz CT molecular complexity index is 249. The molecule has 0 aliphatic carbocycles. The van der Waals surface area contributed by atoms with E-state index in [9.17, 15) is 13.2 Å². The molecule has 2 heterocycles. The van der Waals surface area contributed by atoms with E-state index in [1.54, 1.807) is 0 Å². The first kappa shape index (κ1) is 14.1. The van der Waals surface area contributed by atoms with Crippen molar-refractivity contribution in [3.63, 3.8) is 0 Å². The van der Waals surface area contributed by atoms with Crippen molar-refractivity contribution >= 4 is 0 Å². The smallest absolute Gasteiger partial charge is 0.317 e. The van der Waals surface area contributed by atoms with Crippen LogP contribution in [0.1, 0.15) is 38.5 Å². The molecule has 2 aliphatic rings. The number of alkyl halides is 3. The van der Waals surface area contributed by atoms with Crippen LogP contribution in [0, 0.1) is 5.92 Å². The Labute approximate surface area is 107 Å². The maximum absolute atomic E-state index is 12.2. The molecule has 0 aromatic carbocycles. The van der Waals surface area contributed by atoms with E-state index in [-0.39, 0.29) is 6.42 Å². The number of nitrogens with one attached hydrogen (secondary N) is 1. The van der Waals surface area contributed by atoms with Gasteiger partial charge in [-0.05, 0) is 64.2 Å². The molecule has 0 radical (unpaired) electrons. The van der Waals surface area contributed by atoms with Crippen LogP contribution in [0.3, 0.4) is 0 Å². The zero-order valence-corrected chi connectivity index (χ0v) is 10.8. The summed E-state index contributed by atoms with van der Waals surface area (Å²) in [6.45, 7) is 3.75. The minimum absolute atomic E-state index is 0.255. The van der Waals surface area contributed by atoms with Crippen LogP contribution in [0.4, 0.5) is 13.2 Å². The van der Waals surface area contributed by atoms with Gasteiger partial charge in [0.15, 0.2) is 0 Å². The van der Waals surface area contributed by atoms with Gasteiger partial charge in [-0.25, -0.2) is 0 Å². The van der Waals surface area contributed by atoms with E-state index in [1.807, 2.05) is 0 Å². The summed E-state index contributed by atoms with van der Waals surface area (Å²) in [5, 5.41) is 3.35. The highest BCUT2D eigenvalue weighted by Crippen LogP contribution is 2.30. The molecule has 0 amide bonds. The average Bonchev–Trinajstić information content (AvgIpc) is 2.77. The van der Waals surface area contributed by atoms with Crippen LogP contribution in [0.5, 0.6) is 0 Å². The van der Waals surface area contributed by atoms with Crippen molar-refractivity contribution in [2.24, 2.45) is 5.92 Å². The number of nitrogens with zero attached hydrogens (tertiary/aromatic N) is 1. The molecule has 0 saturated carbocycles. The topological polar surface area (TPSA) is 15.3 Å². The molecule has 0 spiro atoms. The SMILES string of the molecule is FC(F)(F)CCCN1CCCC1C1CCNCC1. The van der Waals surface area contributed by atoms with E-state index in [4.69, 9.17) is 0 Å². The second kappa shape index (κ2) is 6.24. The lowest BCUT2D eigenvalue weighted by Crippen LogP contribution is -2.41. The monoisotopic (exact) mass is 264 g/mol. The highest BCUT2D eigenvalue weighted by Gasteiger charge is 2.33. The lowest BCUT2D eigenvalue weighted by Gasteiger charge is -2.34. The Balaban J connectivity index is 1.76. The van der Waals surface area contributed by atoms with Crippen LogP contribution in [0.15, 0.2) is 0 Å². The number of piperidine rings is 1. The van der Waals surface area contributed by atoms with Crippen LogP contribution in [0.25, 0.3) is 0 Å². The summed E-state index contributed by atoms with van der Waals surface area (Å²) in [6.07, 6.45) is 0.315. The van der Waals surface area contributed by atoms with Crippen LogP contribution in [0.2, 0.25) is 0 Å². The highest BCUT2D eigenvalue weighted by molar-refractivity contribution is 4.87. The lowest BCUT2D eigenvalue weighted by molar-refractivity contribution is -0.136. The Morgan fingerprint density at radius 1 is 1.11 bits per heavy atom. The van der Waals surface area contributed by atoms with Crippen LogP contribution in [-0.4, -0.2) is 43.3 Å². The second-order valence-electron chi connectivity index (χ2n) is 5.55. The fraction of sp³-hybridized carbons (Fsp3) is 1.00. The molecule has 1 N–H and O–H groups in total. The zero-order chi connectivity index (χ0) is 13.0. The van der Waals surface area contributed by atoms with Gasteiger partial charge in [0.25, 0.3) is 0 Å². The zero-order valence-electron chi connectivity index (χ0n) is 10.8. The van der Waals surface area contributed by atoms with E-state index in [0.717, 1.165) is 26.1 Å². The molecule has 0 aromatic heterocycles. The second-order valence-corrected chi connectivity index (χ2v) is 5.55. The van der Waals surface area contributed by atoms with Gasteiger partial charge in [-0.2, -0.15) is 13.2 Å². The highest BCUT2D eigenvalue weighted by atomic mass is 19.4. The third-order valence-corrected chi connectivity index (χ3v) is 4.25. The quantitative estimate of drug-likeness (QED) is 0.840. The van der Waals surface area contributed by atoms with Gasteiger partial charge in [-0.15, -0.1) is 0 Å². The van der Waals surface area contributed by atoms with Crippen LogP contribution < -0.4 is 5.32 Å². The van der Waals surface area contributed by atoms with Gasteiger partial charge < -0.3 is 10.2 Å². The minimum atomic E-state index is -4.00. The molecule has 2 aliphatic heterocycles. The average molecular weight is 264 g/mol. The Morgan fingerprint density at radius 3 is 2.50 bits per heavy atom. The van der Waals surface area contributed by atoms with Crippen LogP contribution >= 0.6 is 0 Å². The Morgan fingerprint density at radius 2 is 1.83 bits per heavy atom. The largest absolute Gasteiger partial charge is 0.389 e. The van der Waals surface area contributed by atoms with E-state index < -0.39 is 12.6 Å².